The summed E-state index contributed by atoms with van der Waals surface area (Å²) in [4.78, 5) is 55.0. The monoisotopic (exact) mass is 789 g/mol. The van der Waals surface area contributed by atoms with Crippen LogP contribution in [0.1, 0.15) is 64.5 Å². The summed E-state index contributed by atoms with van der Waals surface area (Å²) in [5, 5.41) is 8.70. The van der Waals surface area contributed by atoms with Crippen LogP contribution in [0.2, 0.25) is 0 Å². The van der Waals surface area contributed by atoms with Gasteiger partial charge in [-0.1, -0.05) is 151 Å². The predicted octanol–water partition coefficient (Wildman–Crippen LogP) is 9.96. The molecule has 0 saturated heterocycles. The number of ether oxygens (including phenoxy) is 1. The molecule has 0 unspecified atom stereocenters. The molecule has 0 saturated carbocycles. The minimum absolute atomic E-state index is 0.116. The van der Waals surface area contributed by atoms with Gasteiger partial charge in [0.1, 0.15) is 11.6 Å². The number of carbonyl (C=O) groups excluding carboxylic acids is 4. The quantitative estimate of drug-likeness (QED) is 0.0748. The second kappa shape index (κ2) is 18.7. The maximum absolute atomic E-state index is 14.4. The van der Waals surface area contributed by atoms with Gasteiger partial charge in [0.2, 0.25) is 11.8 Å². The van der Waals surface area contributed by atoms with Gasteiger partial charge in [0.05, 0.1) is 16.9 Å². The third-order valence-corrected chi connectivity index (χ3v) is 10.9. The van der Waals surface area contributed by atoms with Crippen molar-refractivity contribution < 1.29 is 23.9 Å². The van der Waals surface area contributed by atoms with Crippen molar-refractivity contribution in [3.8, 4) is 0 Å². The second-order valence-corrected chi connectivity index (χ2v) is 16.2. The van der Waals surface area contributed by atoms with E-state index in [0.717, 1.165) is 27.8 Å². The Bertz CT molecular complexity index is 2250. The van der Waals surface area contributed by atoms with Crippen LogP contribution in [-0.4, -0.2) is 41.1 Å². The van der Waals surface area contributed by atoms with Gasteiger partial charge in [0, 0.05) is 22.6 Å². The van der Waals surface area contributed by atoms with E-state index in [2.05, 4.69) is 52.3 Å². The third kappa shape index (κ3) is 10.5. The summed E-state index contributed by atoms with van der Waals surface area (Å²) in [5.74, 6) is -1.01. The number of hydrogen-bond acceptors (Lipinski definition) is 6. The molecular weight excluding hydrogens is 743 g/mol. The average Bonchev–Trinajstić information content (AvgIpc) is 3.21. The Hall–Kier alpha value is -6.45. The first kappa shape index (κ1) is 41.2. The van der Waals surface area contributed by atoms with E-state index >= 15 is 0 Å². The molecule has 0 aliphatic rings. The van der Waals surface area contributed by atoms with Gasteiger partial charge in [0.25, 0.3) is 0 Å². The lowest BCUT2D eigenvalue weighted by atomic mass is 9.84. The minimum Gasteiger partial charge on any atom is -0.444 e. The van der Waals surface area contributed by atoms with E-state index in [1.165, 1.54) is 11.8 Å². The van der Waals surface area contributed by atoms with Crippen molar-refractivity contribution in [2.24, 2.45) is 0 Å². The molecule has 3 N–H and O–H groups in total. The van der Waals surface area contributed by atoms with E-state index < -0.39 is 28.4 Å². The Morgan fingerprint density at radius 3 is 1.72 bits per heavy atom. The van der Waals surface area contributed by atoms with Crippen molar-refractivity contribution in [1.29, 1.82) is 0 Å². The summed E-state index contributed by atoms with van der Waals surface area (Å²) in [6.45, 7) is 7.24. The van der Waals surface area contributed by atoms with E-state index in [-0.39, 0.29) is 29.4 Å². The number of nitrogens with one attached hydrogen (secondary N) is 3. The van der Waals surface area contributed by atoms with Gasteiger partial charge in [0.15, 0.2) is 5.78 Å². The molecule has 0 heterocycles. The van der Waals surface area contributed by atoms with Crippen LogP contribution in [0.5, 0.6) is 0 Å². The highest BCUT2D eigenvalue weighted by Crippen LogP contribution is 2.48. The lowest BCUT2D eigenvalue weighted by Gasteiger charge is -2.36. The van der Waals surface area contributed by atoms with Crippen molar-refractivity contribution in [2.45, 2.75) is 50.5 Å². The Balaban J connectivity index is 1.34. The van der Waals surface area contributed by atoms with Crippen molar-refractivity contribution in [3.05, 3.63) is 203 Å². The Morgan fingerprint density at radius 2 is 1.19 bits per heavy atom. The Morgan fingerprint density at radius 1 is 0.638 bits per heavy atom. The fourth-order valence-corrected chi connectivity index (χ4v) is 8.26. The van der Waals surface area contributed by atoms with Crippen molar-refractivity contribution in [2.75, 3.05) is 16.4 Å². The summed E-state index contributed by atoms with van der Waals surface area (Å²) in [6, 6.07) is 50.3. The lowest BCUT2D eigenvalue weighted by Crippen LogP contribution is -2.48. The Kier molecular flexibility index (Phi) is 13.3. The molecule has 0 aliphatic heterocycles. The molecule has 0 spiro atoms. The number of thioether (sulfide) groups is 1. The minimum atomic E-state index is -1.09. The highest BCUT2D eigenvalue weighted by Gasteiger charge is 2.39. The molecule has 6 rings (SSSR count). The lowest BCUT2D eigenvalue weighted by molar-refractivity contribution is -0.118. The van der Waals surface area contributed by atoms with Crippen LogP contribution in [0.15, 0.2) is 164 Å². The molecule has 1 atom stereocenters. The van der Waals surface area contributed by atoms with Gasteiger partial charge >= 0.3 is 6.09 Å². The molecule has 58 heavy (non-hydrogen) atoms. The summed E-state index contributed by atoms with van der Waals surface area (Å²) in [7, 11) is 0. The molecular formula is C49H47N3O5S. The molecule has 294 valence electrons. The number of carbonyl (C=O) groups is 4. The van der Waals surface area contributed by atoms with E-state index in [4.69, 9.17) is 4.74 Å². The first-order valence-electron chi connectivity index (χ1n) is 19.1. The van der Waals surface area contributed by atoms with E-state index in [1.54, 1.807) is 63.2 Å². The van der Waals surface area contributed by atoms with Crippen LogP contribution < -0.4 is 16.0 Å². The molecule has 9 heteroatoms. The molecule has 6 aromatic rings. The molecule has 0 aliphatic carbocycles. The highest BCUT2D eigenvalue weighted by molar-refractivity contribution is 8.00. The second-order valence-electron chi connectivity index (χ2n) is 14.9. The first-order chi connectivity index (χ1) is 27.9. The van der Waals surface area contributed by atoms with Crippen molar-refractivity contribution >= 4 is 46.8 Å². The molecule has 3 amide bonds. The molecule has 0 radical (unpaired) electrons. The van der Waals surface area contributed by atoms with Crippen LogP contribution in [-0.2, 0) is 25.5 Å². The third-order valence-electron chi connectivity index (χ3n) is 9.30. The fourth-order valence-electron chi connectivity index (χ4n) is 6.70. The van der Waals surface area contributed by atoms with Crippen molar-refractivity contribution in [3.63, 3.8) is 0 Å². The van der Waals surface area contributed by atoms with Crippen LogP contribution in [0.25, 0.3) is 0 Å². The maximum Gasteiger partial charge on any atom is 0.408 e. The molecule has 6 aromatic carbocycles. The number of anilines is 2. The van der Waals surface area contributed by atoms with E-state index in [0.29, 0.717) is 16.9 Å². The van der Waals surface area contributed by atoms with Gasteiger partial charge in [-0.25, -0.2) is 4.79 Å². The SMILES string of the molecule is Cc1cccc(CC(=O)Nc2ccc(NC(=O)[C@H](CSC(c3ccccc3)(c3ccccc3)c3ccccc3)NC(=O)OC(C)(C)C)cc2C(=O)c2ccccc2)c1. The standard InChI is InChI=1S/C49H47N3O5S/c1-34-18-17-19-35(30-34)31-44(53)51-42-29-28-40(32-41(42)45(54)36-20-9-5-10-21-36)50-46(55)43(52-47(56)57-48(2,3)4)33-58-49(37-22-11-6-12-23-37,38-24-13-7-14-25-38)39-26-15-8-16-27-39/h5-30,32,43H,31,33H2,1-4H3,(H,50,55)(H,51,53)(H,52,56)/t43-/m0/s1. The zero-order valence-corrected chi connectivity index (χ0v) is 33.8. The largest absolute Gasteiger partial charge is 0.444 e. The van der Waals surface area contributed by atoms with Gasteiger partial charge < -0.3 is 20.7 Å². The van der Waals surface area contributed by atoms with Gasteiger partial charge in [-0.05, 0) is 68.1 Å². The number of amides is 3. The summed E-state index contributed by atoms with van der Waals surface area (Å²) in [6.07, 6.45) is -0.629. The smallest absolute Gasteiger partial charge is 0.408 e. The number of benzene rings is 6. The average molecular weight is 790 g/mol. The zero-order chi connectivity index (χ0) is 41.1. The number of alkyl carbamates (subject to hydrolysis) is 1. The topological polar surface area (TPSA) is 114 Å². The normalized spacial score (nSPS) is 11.9. The van der Waals surface area contributed by atoms with Crippen LogP contribution in [0, 0.1) is 6.92 Å². The molecule has 8 nitrogen and oxygen atoms in total. The van der Waals surface area contributed by atoms with Gasteiger partial charge in [-0.15, -0.1) is 11.8 Å². The molecule has 0 fully saturated rings. The summed E-state index contributed by atoms with van der Waals surface area (Å²) >= 11 is 1.52. The summed E-state index contributed by atoms with van der Waals surface area (Å²) < 4.78 is 4.86. The van der Waals surface area contributed by atoms with Crippen LogP contribution >= 0.6 is 11.8 Å². The van der Waals surface area contributed by atoms with E-state index in [9.17, 15) is 19.2 Å². The summed E-state index contributed by atoms with van der Waals surface area (Å²) in [5.41, 5.74) is 5.29. The van der Waals surface area contributed by atoms with Crippen LogP contribution in [0.4, 0.5) is 16.2 Å². The maximum atomic E-state index is 14.4. The Labute approximate surface area is 344 Å². The number of rotatable bonds is 14. The molecule has 0 bridgehead atoms. The number of aryl methyl sites for hydroxylation is 1. The highest BCUT2D eigenvalue weighted by atomic mass is 32.2. The van der Waals surface area contributed by atoms with E-state index in [1.807, 2.05) is 91.9 Å². The number of hydrogen-bond donors (Lipinski definition) is 3. The number of ketones is 1. The van der Waals surface area contributed by atoms with Gasteiger partial charge in [-0.3, -0.25) is 14.4 Å². The fraction of sp³-hybridized carbons (Fsp3) is 0.184. The van der Waals surface area contributed by atoms with Crippen LogP contribution in [0.3, 0.4) is 0 Å². The predicted molar refractivity (Wildman–Crippen MR) is 233 cm³/mol. The van der Waals surface area contributed by atoms with Gasteiger partial charge in [-0.2, -0.15) is 0 Å². The van der Waals surface area contributed by atoms with Crippen molar-refractivity contribution in [1.82, 2.24) is 5.32 Å². The zero-order valence-electron chi connectivity index (χ0n) is 33.0. The molecule has 0 aromatic heterocycles. The first-order valence-corrected chi connectivity index (χ1v) is 20.1.